The normalized spacial score (nSPS) is 12.7. The lowest BCUT2D eigenvalue weighted by Gasteiger charge is -2.10. The molecule has 0 saturated carbocycles. The molecule has 0 fully saturated rings. The van der Waals surface area contributed by atoms with Crippen LogP contribution in [0.5, 0.6) is 0 Å². The zero-order valence-corrected chi connectivity index (χ0v) is 6.77. The number of aliphatic hydroxyl groups excluding tert-OH is 1. The van der Waals surface area contributed by atoms with Crippen LogP contribution in [0.2, 0.25) is 0 Å². The summed E-state index contributed by atoms with van der Waals surface area (Å²) in [6.07, 6.45) is 0.0953. The molecule has 1 atom stereocenters. The van der Waals surface area contributed by atoms with Gasteiger partial charge in [-0.15, -0.1) is 0 Å². The molecule has 0 heterocycles. The quantitative estimate of drug-likeness (QED) is 0.370. The lowest BCUT2D eigenvalue weighted by atomic mass is 10.3. The van der Waals surface area contributed by atoms with Crippen LogP contribution in [0.1, 0.15) is 13.8 Å². The number of rotatable bonds is 5. The third-order valence-electron chi connectivity index (χ3n) is 1.05. The number of hydrogen-bond acceptors (Lipinski definition) is 3. The molecular weight excluding hydrogens is 146 g/mol. The number of nitrogens with zero attached hydrogens (tertiary/aromatic N) is 3. The van der Waals surface area contributed by atoms with E-state index in [4.69, 9.17) is 15.4 Å². The van der Waals surface area contributed by atoms with E-state index in [1.807, 2.05) is 13.8 Å². The molecule has 5 heteroatoms. The second-order valence-corrected chi connectivity index (χ2v) is 2.42. The third-order valence-corrected chi connectivity index (χ3v) is 1.05. The summed E-state index contributed by atoms with van der Waals surface area (Å²) in [6, 6.07) is -0.456. The number of azide groups is 1. The summed E-state index contributed by atoms with van der Waals surface area (Å²) in [4.78, 5) is 2.57. The van der Waals surface area contributed by atoms with Gasteiger partial charge in [0.25, 0.3) is 0 Å². The van der Waals surface area contributed by atoms with E-state index in [2.05, 4.69) is 10.0 Å². The number of ether oxygens (including phenoxy) is 1. The largest absolute Gasteiger partial charge is 0.396 e. The van der Waals surface area contributed by atoms with Crippen molar-refractivity contribution in [3.8, 4) is 0 Å². The topological polar surface area (TPSA) is 78.2 Å². The number of hydrogen-bond donors (Lipinski definition) is 1. The fourth-order valence-corrected chi connectivity index (χ4v) is 0.499. The summed E-state index contributed by atoms with van der Waals surface area (Å²) in [7, 11) is 0. The van der Waals surface area contributed by atoms with Crippen LogP contribution in [-0.4, -0.2) is 30.5 Å². The highest BCUT2D eigenvalue weighted by Gasteiger charge is 2.04. The van der Waals surface area contributed by atoms with E-state index in [0.29, 0.717) is 0 Å². The molecule has 0 radical (unpaired) electrons. The van der Waals surface area contributed by atoms with Gasteiger partial charge in [0.1, 0.15) is 0 Å². The summed E-state index contributed by atoms with van der Waals surface area (Å²) in [5.74, 6) is 0. The first-order valence-corrected chi connectivity index (χ1v) is 3.47. The van der Waals surface area contributed by atoms with Crippen molar-refractivity contribution >= 4 is 0 Å². The van der Waals surface area contributed by atoms with E-state index < -0.39 is 6.04 Å². The van der Waals surface area contributed by atoms with E-state index in [1.165, 1.54) is 0 Å². The summed E-state index contributed by atoms with van der Waals surface area (Å²) < 4.78 is 5.12. The molecule has 0 aliphatic carbocycles. The predicted octanol–water partition coefficient (Wildman–Crippen LogP) is 1.08. The van der Waals surface area contributed by atoms with Gasteiger partial charge in [-0.2, -0.15) is 0 Å². The standard InChI is InChI=1S/C6H13N3O2/c1-5(2)11-4-6(3-10)8-9-7/h5-6,10H,3-4H2,1-2H3. The Morgan fingerprint density at radius 2 is 2.27 bits per heavy atom. The molecule has 0 rings (SSSR count). The van der Waals surface area contributed by atoms with Crippen LogP contribution in [-0.2, 0) is 4.74 Å². The average molecular weight is 159 g/mol. The van der Waals surface area contributed by atoms with Crippen LogP contribution in [0.4, 0.5) is 0 Å². The van der Waals surface area contributed by atoms with E-state index in [1.54, 1.807) is 0 Å². The maximum Gasteiger partial charge on any atom is 0.0838 e. The second-order valence-electron chi connectivity index (χ2n) is 2.42. The minimum Gasteiger partial charge on any atom is -0.396 e. The van der Waals surface area contributed by atoms with Crippen molar-refractivity contribution in [2.45, 2.75) is 26.0 Å². The van der Waals surface area contributed by atoms with Crippen molar-refractivity contribution in [3.63, 3.8) is 0 Å². The Kier molecular flexibility index (Phi) is 5.56. The molecule has 0 aromatic carbocycles. The molecule has 11 heavy (non-hydrogen) atoms. The molecule has 64 valence electrons. The van der Waals surface area contributed by atoms with Gasteiger partial charge < -0.3 is 9.84 Å². The zero-order chi connectivity index (χ0) is 8.69. The van der Waals surface area contributed by atoms with Crippen molar-refractivity contribution in [3.05, 3.63) is 10.4 Å². The van der Waals surface area contributed by atoms with Gasteiger partial charge in [-0.1, -0.05) is 5.11 Å². The molecule has 5 nitrogen and oxygen atoms in total. The van der Waals surface area contributed by atoms with Crippen molar-refractivity contribution in [1.29, 1.82) is 0 Å². The average Bonchev–Trinajstić information content (AvgIpc) is 1.97. The van der Waals surface area contributed by atoms with Gasteiger partial charge >= 0.3 is 0 Å². The third kappa shape index (κ3) is 5.66. The zero-order valence-electron chi connectivity index (χ0n) is 6.77. The summed E-state index contributed by atoms with van der Waals surface area (Å²) in [6.45, 7) is 3.87. The highest BCUT2D eigenvalue weighted by molar-refractivity contribution is 4.64. The molecule has 1 unspecified atom stereocenters. The van der Waals surface area contributed by atoms with Crippen molar-refractivity contribution in [1.82, 2.24) is 0 Å². The first kappa shape index (κ1) is 10.2. The van der Waals surface area contributed by atoms with Crippen LogP contribution in [0.25, 0.3) is 10.4 Å². The first-order valence-electron chi connectivity index (χ1n) is 3.47. The highest BCUT2D eigenvalue weighted by atomic mass is 16.5. The van der Waals surface area contributed by atoms with Crippen LogP contribution >= 0.6 is 0 Å². The fourth-order valence-electron chi connectivity index (χ4n) is 0.499. The van der Waals surface area contributed by atoms with E-state index in [-0.39, 0.29) is 19.3 Å². The Morgan fingerprint density at radius 3 is 2.64 bits per heavy atom. The molecule has 0 aromatic heterocycles. The Bertz CT molecular complexity index is 143. The van der Waals surface area contributed by atoms with Crippen LogP contribution in [0.15, 0.2) is 5.11 Å². The van der Waals surface area contributed by atoms with Crippen molar-refractivity contribution in [2.75, 3.05) is 13.2 Å². The van der Waals surface area contributed by atoms with Gasteiger partial charge in [-0.05, 0) is 19.4 Å². The maximum absolute atomic E-state index is 8.63. The highest BCUT2D eigenvalue weighted by Crippen LogP contribution is 1.95. The minimum atomic E-state index is -0.456. The SMILES string of the molecule is CC(C)OCC(CO)N=[N+]=[N-]. The Morgan fingerprint density at radius 1 is 1.64 bits per heavy atom. The lowest BCUT2D eigenvalue weighted by molar-refractivity contribution is 0.0563. The monoisotopic (exact) mass is 159 g/mol. The first-order chi connectivity index (χ1) is 5.20. The van der Waals surface area contributed by atoms with Crippen LogP contribution in [0.3, 0.4) is 0 Å². The predicted molar refractivity (Wildman–Crippen MR) is 41.1 cm³/mol. The van der Waals surface area contributed by atoms with Gasteiger partial charge in [0.05, 0.1) is 25.4 Å². The molecule has 0 aliphatic heterocycles. The fraction of sp³-hybridized carbons (Fsp3) is 1.00. The smallest absolute Gasteiger partial charge is 0.0838 e. The van der Waals surface area contributed by atoms with Gasteiger partial charge in [0.2, 0.25) is 0 Å². The van der Waals surface area contributed by atoms with Gasteiger partial charge in [-0.25, -0.2) is 0 Å². The maximum atomic E-state index is 8.63. The van der Waals surface area contributed by atoms with Crippen LogP contribution < -0.4 is 0 Å². The summed E-state index contributed by atoms with van der Waals surface area (Å²) in [5, 5.41) is 11.9. The molecule has 0 amide bonds. The molecule has 0 aliphatic rings. The molecule has 0 bridgehead atoms. The molecule has 0 saturated heterocycles. The Balaban J connectivity index is 3.60. The van der Waals surface area contributed by atoms with E-state index >= 15 is 0 Å². The lowest BCUT2D eigenvalue weighted by Crippen LogP contribution is -2.19. The van der Waals surface area contributed by atoms with Crippen molar-refractivity contribution < 1.29 is 9.84 Å². The van der Waals surface area contributed by atoms with E-state index in [0.717, 1.165) is 0 Å². The minimum absolute atomic E-state index is 0.0953. The molecular formula is C6H13N3O2. The summed E-state index contributed by atoms with van der Waals surface area (Å²) >= 11 is 0. The Labute approximate surface area is 65.6 Å². The second kappa shape index (κ2) is 5.97. The van der Waals surface area contributed by atoms with Gasteiger partial charge in [0.15, 0.2) is 0 Å². The molecule has 1 N–H and O–H groups in total. The summed E-state index contributed by atoms with van der Waals surface area (Å²) in [5.41, 5.74) is 8.02. The van der Waals surface area contributed by atoms with Crippen molar-refractivity contribution in [2.24, 2.45) is 5.11 Å². The Hall–Kier alpha value is -0.770. The van der Waals surface area contributed by atoms with Gasteiger partial charge in [0, 0.05) is 4.91 Å². The van der Waals surface area contributed by atoms with E-state index in [9.17, 15) is 0 Å². The van der Waals surface area contributed by atoms with Gasteiger partial charge in [-0.3, -0.25) is 0 Å². The number of aliphatic hydroxyl groups is 1. The molecule has 0 aromatic rings. The molecule has 0 spiro atoms. The van der Waals surface area contributed by atoms with Crippen LogP contribution in [0, 0.1) is 0 Å².